The van der Waals surface area contributed by atoms with E-state index in [1.54, 1.807) is 7.11 Å². The molecule has 20 heteroatoms. The van der Waals surface area contributed by atoms with Gasteiger partial charge in [0, 0.05) is 115 Å². The predicted octanol–water partition coefficient (Wildman–Crippen LogP) is 12.4. The lowest BCUT2D eigenvalue weighted by Gasteiger charge is -2.55. The van der Waals surface area contributed by atoms with Crippen molar-refractivity contribution in [1.82, 2.24) is 50.2 Å². The Bertz CT molecular complexity index is 2270. The molecule has 4 aliphatic heterocycles. The van der Waals surface area contributed by atoms with Crippen LogP contribution in [0.4, 0.5) is 35.7 Å². The zero-order valence-corrected chi connectivity index (χ0v) is 58.7. The molecule has 20 nitrogen and oxygen atoms in total. The summed E-state index contributed by atoms with van der Waals surface area (Å²) in [7, 11) is 9.42. The summed E-state index contributed by atoms with van der Waals surface area (Å²) >= 11 is 0. The van der Waals surface area contributed by atoms with Crippen molar-refractivity contribution in [3.05, 3.63) is 0 Å². The van der Waals surface area contributed by atoms with E-state index < -0.39 is 0 Å². The molecule has 4 saturated heterocycles. The summed E-state index contributed by atoms with van der Waals surface area (Å²) < 4.78 is 0. The van der Waals surface area contributed by atoms with Crippen molar-refractivity contribution in [2.24, 2.45) is 0 Å². The number of unbranched alkanes of at least 4 members (excludes halogenated alkanes) is 3. The molecule has 0 unspecified atom stereocenters. The van der Waals surface area contributed by atoms with Crippen LogP contribution in [-0.4, -0.2) is 193 Å². The maximum Gasteiger partial charge on any atom is 0.232 e. The van der Waals surface area contributed by atoms with E-state index >= 15 is 0 Å². The lowest BCUT2D eigenvalue weighted by Crippen LogP contribution is -2.64. The minimum absolute atomic E-state index is 0.161. The van der Waals surface area contributed by atoms with E-state index in [1.807, 2.05) is 21.3 Å². The van der Waals surface area contributed by atoms with Gasteiger partial charge in [0.15, 0.2) is 0 Å². The molecule has 4 aliphatic rings. The third-order valence-corrected chi connectivity index (χ3v) is 19.1. The number of aromatic nitrogens is 6. The maximum atomic E-state index is 6.13. The molecule has 6 rings (SSSR count). The van der Waals surface area contributed by atoms with E-state index in [2.05, 4.69) is 196 Å². The molecule has 0 aromatic carbocycles. The van der Waals surface area contributed by atoms with Gasteiger partial charge in [0.2, 0.25) is 35.7 Å². The topological polar surface area (TPSA) is 155 Å². The number of hydrogen-bond acceptors (Lipinski definition) is 20. The molecule has 6 heterocycles. The Labute approximate surface area is 517 Å². The first kappa shape index (κ1) is 70.6. The minimum Gasteiger partial charge on any atom is -0.354 e. The van der Waals surface area contributed by atoms with Crippen molar-refractivity contribution in [2.45, 2.75) is 310 Å². The smallest absolute Gasteiger partial charge is 0.232 e. The van der Waals surface area contributed by atoms with Crippen molar-refractivity contribution in [3.63, 3.8) is 0 Å². The van der Waals surface area contributed by atoms with Gasteiger partial charge in [-0.1, -0.05) is 47.0 Å². The first-order valence-corrected chi connectivity index (χ1v) is 33.0. The van der Waals surface area contributed by atoms with E-state index in [0.29, 0.717) is 18.4 Å². The molecule has 488 valence electrons. The number of rotatable bonds is 29. The van der Waals surface area contributed by atoms with Crippen LogP contribution in [0, 0.1) is 0 Å². The molecular weight excluding hydrogens is 1070 g/mol. The SMILES string of the molecule is CCCCN(c1nc(N(CCC)CCCNc2nc(N(CCCC)C3CC(C)(C)N(OC)C(C)(C)C3)nc(N(CCCC)C3CC(C)(C)N(OC)C(C)(C)C3)n2)nc(N(C)C2CC(C)(C)N(OC)C(C)(C)C2)n1)C1CC(C)(C)N(OC)C(C)(C)C1. The van der Waals surface area contributed by atoms with Crippen LogP contribution in [0.3, 0.4) is 0 Å². The first-order valence-electron chi connectivity index (χ1n) is 33.0. The second kappa shape index (κ2) is 28.1. The summed E-state index contributed by atoms with van der Waals surface area (Å²) in [5, 5.41) is 12.6. The van der Waals surface area contributed by atoms with Gasteiger partial charge in [-0.3, -0.25) is 0 Å². The van der Waals surface area contributed by atoms with Gasteiger partial charge >= 0.3 is 0 Å². The highest BCUT2D eigenvalue weighted by molar-refractivity contribution is 5.50. The zero-order chi connectivity index (χ0) is 63.3. The van der Waals surface area contributed by atoms with Gasteiger partial charge < -0.3 is 49.2 Å². The predicted molar refractivity (Wildman–Crippen MR) is 351 cm³/mol. The van der Waals surface area contributed by atoms with E-state index in [9.17, 15) is 0 Å². The quantitative estimate of drug-likeness (QED) is 0.0767. The number of hydroxylamine groups is 8. The van der Waals surface area contributed by atoms with Crippen LogP contribution < -0.4 is 29.8 Å². The number of piperidine rings is 4. The largest absolute Gasteiger partial charge is 0.354 e. The molecule has 0 radical (unpaired) electrons. The van der Waals surface area contributed by atoms with Crippen molar-refractivity contribution in [2.75, 3.05) is 105 Å². The Morgan fingerprint density at radius 2 is 0.647 bits per heavy atom. The van der Waals surface area contributed by atoms with Gasteiger partial charge in [-0.2, -0.15) is 50.2 Å². The van der Waals surface area contributed by atoms with Gasteiger partial charge in [-0.25, -0.2) is 0 Å². The van der Waals surface area contributed by atoms with Crippen molar-refractivity contribution < 1.29 is 19.4 Å². The standard InChI is InChI=1S/C65H124N16O4/c1-26-30-37-75(49-42-60(9,10)79(83-23)61(11,12)43-49)55-67-52(68-56(72-55)76(38-31-27-2)50-44-62(13,14)80(84-24)63(15,16)45-50)66-34-33-36-74(35-29-4)54-69-53(73(21)48-40-58(5,6)78(82-22)59(7,8)41-48)70-57(71-54)77(39-32-28-3)51-46-64(17,18)81(85-25)65(19,20)47-51/h48-51H,26-47H2,1-25H3,(H,66,67,68,72). The molecule has 1 N–H and O–H groups in total. The Kier molecular flexibility index (Phi) is 23.4. The molecule has 0 amide bonds. The van der Waals surface area contributed by atoms with Crippen LogP contribution in [0.5, 0.6) is 0 Å². The van der Waals surface area contributed by atoms with Crippen LogP contribution in [0.1, 0.15) is 241 Å². The molecule has 0 aliphatic carbocycles. The number of hydrogen-bond donors (Lipinski definition) is 1. The zero-order valence-electron chi connectivity index (χ0n) is 58.7. The maximum absolute atomic E-state index is 6.13. The van der Waals surface area contributed by atoms with Gasteiger partial charge in [0.1, 0.15) is 0 Å². The molecule has 0 bridgehead atoms. The van der Waals surface area contributed by atoms with Gasteiger partial charge in [0.25, 0.3) is 0 Å². The van der Waals surface area contributed by atoms with Crippen LogP contribution in [0.15, 0.2) is 0 Å². The Hall–Kier alpha value is -3.50. The van der Waals surface area contributed by atoms with E-state index in [-0.39, 0.29) is 68.5 Å². The fourth-order valence-corrected chi connectivity index (χ4v) is 16.8. The second-order valence-corrected chi connectivity index (χ2v) is 30.7. The fraction of sp³-hybridized carbons (Fsp3) is 0.908. The average Bonchev–Trinajstić information content (AvgIpc) is 1.36. The van der Waals surface area contributed by atoms with Crippen LogP contribution >= 0.6 is 0 Å². The molecule has 0 saturated carbocycles. The molecular formula is C65H124N16O4. The highest BCUT2D eigenvalue weighted by atomic mass is 16.7. The van der Waals surface area contributed by atoms with Gasteiger partial charge in [-0.15, -0.1) is 0 Å². The molecule has 85 heavy (non-hydrogen) atoms. The summed E-state index contributed by atoms with van der Waals surface area (Å²) in [5.74, 6) is 4.27. The average molecular weight is 1190 g/mol. The van der Waals surface area contributed by atoms with Gasteiger partial charge in [-0.05, 0) is 194 Å². The second-order valence-electron chi connectivity index (χ2n) is 30.7. The van der Waals surface area contributed by atoms with E-state index in [0.717, 1.165) is 159 Å². The molecule has 4 fully saturated rings. The van der Waals surface area contributed by atoms with Crippen molar-refractivity contribution >= 4 is 35.7 Å². The molecule has 2 aromatic rings. The summed E-state index contributed by atoms with van der Waals surface area (Å²) in [6, 6.07) is 0.703. The normalized spacial score (nSPS) is 22.8. The fourth-order valence-electron chi connectivity index (χ4n) is 16.8. The summed E-state index contributed by atoms with van der Waals surface area (Å²) in [6.45, 7) is 50.6. The van der Waals surface area contributed by atoms with Crippen LogP contribution in [0.25, 0.3) is 0 Å². The third-order valence-electron chi connectivity index (χ3n) is 19.1. The number of nitrogens with zero attached hydrogens (tertiary/aromatic N) is 15. The highest BCUT2D eigenvalue weighted by Gasteiger charge is 2.52. The van der Waals surface area contributed by atoms with Gasteiger partial charge in [0.05, 0.1) is 28.4 Å². The highest BCUT2D eigenvalue weighted by Crippen LogP contribution is 2.46. The number of anilines is 6. The van der Waals surface area contributed by atoms with Crippen LogP contribution in [-0.2, 0) is 19.4 Å². The van der Waals surface area contributed by atoms with Crippen molar-refractivity contribution in [3.8, 4) is 0 Å². The third kappa shape index (κ3) is 16.3. The molecule has 0 atom stereocenters. The Morgan fingerprint density at radius 1 is 0.365 bits per heavy atom. The van der Waals surface area contributed by atoms with E-state index in [4.69, 9.17) is 49.3 Å². The summed E-state index contributed by atoms with van der Waals surface area (Å²) in [4.78, 5) is 69.8. The van der Waals surface area contributed by atoms with E-state index in [1.165, 1.54) is 0 Å². The molecule has 2 aromatic heterocycles. The van der Waals surface area contributed by atoms with Crippen LogP contribution in [0.2, 0.25) is 0 Å². The Morgan fingerprint density at radius 3 is 0.953 bits per heavy atom. The van der Waals surface area contributed by atoms with Crippen molar-refractivity contribution in [1.29, 1.82) is 0 Å². The summed E-state index contributed by atoms with van der Waals surface area (Å²) in [5.41, 5.74) is -1.76. The first-order chi connectivity index (χ1) is 39.6. The Balaban J connectivity index is 1.42. The minimum atomic E-state index is -0.221. The molecule has 0 spiro atoms. The lowest BCUT2D eigenvalue weighted by atomic mass is 9.78. The number of nitrogens with one attached hydrogen (secondary N) is 1. The summed E-state index contributed by atoms with van der Waals surface area (Å²) in [6.07, 6.45) is 15.2. The monoisotopic (exact) mass is 1190 g/mol. The lowest BCUT2D eigenvalue weighted by molar-refractivity contribution is -0.266.